The van der Waals surface area contributed by atoms with Gasteiger partial charge in [-0.15, -0.1) is 0 Å². The van der Waals surface area contributed by atoms with Crippen LogP contribution in [0.5, 0.6) is 0 Å². The molecule has 0 aromatic heterocycles. The lowest BCUT2D eigenvalue weighted by Gasteiger charge is -2.09. The maximum absolute atomic E-state index is 10.9. The van der Waals surface area contributed by atoms with Crippen LogP contribution in [0.1, 0.15) is 32.6 Å². The van der Waals surface area contributed by atoms with Gasteiger partial charge >= 0.3 is 7.59 Å². The molecule has 0 heterocycles. The van der Waals surface area contributed by atoms with E-state index in [1.54, 1.807) is 0 Å². The molecule has 0 bridgehead atoms. The van der Waals surface area contributed by atoms with Crippen molar-refractivity contribution in [3.63, 3.8) is 0 Å². The van der Waals surface area contributed by atoms with Crippen molar-refractivity contribution in [2.24, 2.45) is 21.7 Å². The van der Waals surface area contributed by atoms with Gasteiger partial charge in [0.05, 0.1) is 0 Å². The first-order valence-corrected chi connectivity index (χ1v) is 6.03. The Labute approximate surface area is 73.0 Å². The third-order valence-corrected chi connectivity index (χ3v) is 2.89. The molecule has 0 aromatic carbocycles. The predicted octanol–water partition coefficient (Wildman–Crippen LogP) is 1.66. The van der Waals surface area contributed by atoms with Gasteiger partial charge in [0.1, 0.15) is 0 Å². The zero-order chi connectivity index (χ0) is 9.19. The van der Waals surface area contributed by atoms with Crippen LogP contribution < -0.4 is 11.0 Å². The largest absolute Gasteiger partial charge is 0.318 e. The maximum atomic E-state index is 10.9. The van der Waals surface area contributed by atoms with Crippen LogP contribution in [0.3, 0.4) is 0 Å². The Hall–Kier alpha value is -0.180. The summed E-state index contributed by atoms with van der Waals surface area (Å²) < 4.78 is 14.8. The van der Waals surface area contributed by atoms with E-state index in [0.29, 0.717) is 5.92 Å². The maximum Gasteiger partial charge on any atom is 0.318 e. The quantitative estimate of drug-likeness (QED) is 0.512. The summed E-state index contributed by atoms with van der Waals surface area (Å²) in [6, 6.07) is 0. The van der Waals surface area contributed by atoms with Crippen molar-refractivity contribution in [1.82, 2.24) is 0 Å². The van der Waals surface area contributed by atoms with Gasteiger partial charge in [-0.05, 0) is 25.7 Å². The normalized spacial score (nSPS) is 21.8. The number of hydrogen-bond acceptors (Lipinski definition) is 1. The zero-order valence-corrected chi connectivity index (χ0v) is 8.26. The molecule has 1 fully saturated rings. The van der Waals surface area contributed by atoms with E-state index < -0.39 is 7.59 Å². The minimum atomic E-state index is -3.19. The van der Waals surface area contributed by atoms with E-state index in [0.717, 1.165) is 18.6 Å². The van der Waals surface area contributed by atoms with Crippen LogP contribution in [0.15, 0.2) is 4.76 Å². The van der Waals surface area contributed by atoms with Crippen LogP contribution in [-0.2, 0) is 4.57 Å². The van der Waals surface area contributed by atoms with Gasteiger partial charge in [0.15, 0.2) is 0 Å². The van der Waals surface area contributed by atoms with Crippen molar-refractivity contribution in [2.45, 2.75) is 32.6 Å². The molecular formula is C7H16N3OP. The molecule has 5 heteroatoms. The van der Waals surface area contributed by atoms with Gasteiger partial charge in [-0.2, -0.15) is 0 Å². The summed E-state index contributed by atoms with van der Waals surface area (Å²) in [5.41, 5.74) is 11.2. The molecule has 0 spiro atoms. The third-order valence-electron chi connectivity index (χ3n) is 2.26. The number of nitrogens with zero attached hydrogens (tertiary/aromatic N) is 1. The van der Waals surface area contributed by atoms with E-state index in [1.807, 2.05) is 6.92 Å². The summed E-state index contributed by atoms with van der Waals surface area (Å²) in [5, 5.41) is 0. The van der Waals surface area contributed by atoms with Crippen molar-refractivity contribution in [2.75, 3.05) is 0 Å². The van der Waals surface area contributed by atoms with E-state index in [4.69, 9.17) is 11.0 Å². The SMILES string of the molecule is CC(=NP(N)(N)=O)C1CCCC1. The summed E-state index contributed by atoms with van der Waals surface area (Å²) >= 11 is 0. The number of nitrogens with two attached hydrogens (primary N) is 2. The molecule has 0 amide bonds. The van der Waals surface area contributed by atoms with Crippen molar-refractivity contribution < 1.29 is 4.57 Å². The molecule has 0 aliphatic heterocycles. The van der Waals surface area contributed by atoms with Gasteiger partial charge < -0.3 is 0 Å². The van der Waals surface area contributed by atoms with Crippen molar-refractivity contribution >= 4 is 13.3 Å². The molecule has 1 aliphatic carbocycles. The van der Waals surface area contributed by atoms with E-state index in [9.17, 15) is 4.57 Å². The lowest BCUT2D eigenvalue weighted by Crippen LogP contribution is -2.10. The van der Waals surface area contributed by atoms with E-state index in [2.05, 4.69) is 4.76 Å². The van der Waals surface area contributed by atoms with E-state index in [1.165, 1.54) is 12.8 Å². The van der Waals surface area contributed by atoms with Crippen LogP contribution >= 0.6 is 7.59 Å². The van der Waals surface area contributed by atoms with Gasteiger partial charge in [0, 0.05) is 5.71 Å². The average molecular weight is 189 g/mol. The zero-order valence-electron chi connectivity index (χ0n) is 7.36. The van der Waals surface area contributed by atoms with E-state index >= 15 is 0 Å². The van der Waals surface area contributed by atoms with Gasteiger partial charge in [-0.3, -0.25) is 15.6 Å². The Balaban J connectivity index is 2.62. The Morgan fingerprint density at radius 2 is 1.92 bits per heavy atom. The minimum Gasteiger partial charge on any atom is -0.263 e. The molecular weight excluding hydrogens is 173 g/mol. The van der Waals surface area contributed by atoms with Crippen LogP contribution in [-0.4, -0.2) is 5.71 Å². The molecule has 0 radical (unpaired) electrons. The fourth-order valence-corrected chi connectivity index (χ4v) is 2.33. The summed E-state index contributed by atoms with van der Waals surface area (Å²) in [5.74, 6) is 0.463. The molecule has 1 saturated carbocycles. The number of rotatable bonds is 2. The Bertz CT molecular complexity index is 227. The molecule has 0 aromatic rings. The van der Waals surface area contributed by atoms with Gasteiger partial charge in [0.2, 0.25) is 0 Å². The van der Waals surface area contributed by atoms with Crippen molar-refractivity contribution in [3.05, 3.63) is 0 Å². The highest BCUT2D eigenvalue weighted by molar-refractivity contribution is 7.57. The molecule has 0 atom stereocenters. The van der Waals surface area contributed by atoms with Gasteiger partial charge in [-0.25, -0.2) is 4.76 Å². The fraction of sp³-hybridized carbons (Fsp3) is 0.857. The first-order chi connectivity index (χ1) is 5.49. The minimum absolute atomic E-state index is 0.463. The van der Waals surface area contributed by atoms with Crippen molar-refractivity contribution in [3.8, 4) is 0 Å². The second kappa shape index (κ2) is 3.69. The molecule has 4 N–H and O–H groups in total. The predicted molar refractivity (Wildman–Crippen MR) is 51.0 cm³/mol. The topological polar surface area (TPSA) is 81.5 Å². The second-order valence-electron chi connectivity index (χ2n) is 3.40. The Morgan fingerprint density at radius 3 is 2.33 bits per heavy atom. The highest BCUT2D eigenvalue weighted by atomic mass is 31.2. The van der Waals surface area contributed by atoms with Crippen LogP contribution in [0.25, 0.3) is 0 Å². The standard InChI is InChI=1S/C7H16N3OP/c1-6(10-12(8,9)11)7-4-2-3-5-7/h7H,2-5H2,1H3,(H4,8,9,11). The van der Waals surface area contributed by atoms with Gasteiger partial charge in [0.25, 0.3) is 0 Å². The molecule has 0 saturated heterocycles. The van der Waals surface area contributed by atoms with Crippen LogP contribution in [0.2, 0.25) is 0 Å². The highest BCUT2D eigenvalue weighted by Gasteiger charge is 2.19. The Kier molecular flexibility index (Phi) is 3.04. The lowest BCUT2D eigenvalue weighted by molar-refractivity contribution is 0.577. The molecule has 4 nitrogen and oxygen atoms in total. The number of hydrogen-bond donors (Lipinski definition) is 2. The molecule has 1 aliphatic rings. The first-order valence-electron chi connectivity index (χ1n) is 4.23. The first kappa shape index (κ1) is 9.90. The molecule has 0 unspecified atom stereocenters. The fourth-order valence-electron chi connectivity index (χ4n) is 1.67. The smallest absolute Gasteiger partial charge is 0.263 e. The summed E-state index contributed by atoms with van der Waals surface area (Å²) in [6.45, 7) is 1.86. The molecule has 70 valence electrons. The van der Waals surface area contributed by atoms with Crippen LogP contribution in [0.4, 0.5) is 0 Å². The average Bonchev–Trinajstić information content (AvgIpc) is 2.32. The van der Waals surface area contributed by atoms with Crippen LogP contribution in [0, 0.1) is 5.92 Å². The summed E-state index contributed by atoms with van der Waals surface area (Å²) in [6.07, 6.45) is 4.73. The van der Waals surface area contributed by atoms with E-state index in [-0.39, 0.29) is 0 Å². The molecule has 1 rings (SSSR count). The summed E-state index contributed by atoms with van der Waals surface area (Å²) in [7, 11) is -3.19. The van der Waals surface area contributed by atoms with Crippen molar-refractivity contribution in [1.29, 1.82) is 0 Å². The lowest BCUT2D eigenvalue weighted by atomic mass is 10.0. The summed E-state index contributed by atoms with van der Waals surface area (Å²) in [4.78, 5) is 0. The third kappa shape index (κ3) is 3.05. The van der Waals surface area contributed by atoms with Gasteiger partial charge in [-0.1, -0.05) is 12.8 Å². The Morgan fingerprint density at radius 1 is 1.42 bits per heavy atom. The second-order valence-corrected chi connectivity index (χ2v) is 4.94. The monoisotopic (exact) mass is 189 g/mol. The molecule has 12 heavy (non-hydrogen) atoms. The highest BCUT2D eigenvalue weighted by Crippen LogP contribution is 2.32.